The fraction of sp³-hybridized carbons (Fsp3) is 0.333. The Morgan fingerprint density at radius 3 is 2.56 bits per heavy atom. The molecule has 0 unspecified atom stereocenters. The Morgan fingerprint density at radius 1 is 1.12 bits per heavy atom. The highest BCUT2D eigenvalue weighted by Gasteiger charge is 2.09. The van der Waals surface area contributed by atoms with Crippen LogP contribution in [0.3, 0.4) is 0 Å². The SMILES string of the molecule is CCCCc1oc(C)cc1-c1ccccc1. The lowest BCUT2D eigenvalue weighted by molar-refractivity contribution is 0.477. The van der Waals surface area contributed by atoms with E-state index in [2.05, 4.69) is 37.3 Å². The fourth-order valence-electron chi connectivity index (χ4n) is 1.95. The van der Waals surface area contributed by atoms with Gasteiger partial charge >= 0.3 is 0 Å². The van der Waals surface area contributed by atoms with Crippen LogP contribution >= 0.6 is 0 Å². The molecule has 0 amide bonds. The van der Waals surface area contributed by atoms with Crippen molar-refractivity contribution in [1.82, 2.24) is 0 Å². The van der Waals surface area contributed by atoms with Gasteiger partial charge in [0.1, 0.15) is 11.5 Å². The van der Waals surface area contributed by atoms with E-state index in [-0.39, 0.29) is 0 Å². The molecule has 0 saturated heterocycles. The molecule has 1 heteroatoms. The van der Waals surface area contributed by atoms with Crippen molar-refractivity contribution in [2.45, 2.75) is 33.1 Å². The van der Waals surface area contributed by atoms with E-state index >= 15 is 0 Å². The molecule has 0 fully saturated rings. The molecule has 16 heavy (non-hydrogen) atoms. The van der Waals surface area contributed by atoms with E-state index in [1.165, 1.54) is 24.0 Å². The third-order valence-corrected chi connectivity index (χ3v) is 2.77. The van der Waals surface area contributed by atoms with Gasteiger partial charge in [0.15, 0.2) is 0 Å². The maximum absolute atomic E-state index is 5.77. The maximum Gasteiger partial charge on any atom is 0.111 e. The topological polar surface area (TPSA) is 13.1 Å². The van der Waals surface area contributed by atoms with Crippen LogP contribution in [-0.2, 0) is 6.42 Å². The number of aryl methyl sites for hydroxylation is 2. The molecule has 2 aromatic rings. The lowest BCUT2D eigenvalue weighted by atomic mass is 10.0. The minimum Gasteiger partial charge on any atom is -0.466 e. The second kappa shape index (κ2) is 5.02. The molecule has 1 heterocycles. The molecule has 0 aliphatic carbocycles. The van der Waals surface area contributed by atoms with Gasteiger partial charge in [-0.25, -0.2) is 0 Å². The van der Waals surface area contributed by atoms with Crippen LogP contribution < -0.4 is 0 Å². The zero-order valence-electron chi connectivity index (χ0n) is 9.99. The van der Waals surface area contributed by atoms with E-state index in [1.807, 2.05) is 13.0 Å². The summed E-state index contributed by atoms with van der Waals surface area (Å²) in [6.45, 7) is 4.22. The van der Waals surface area contributed by atoms with Crippen molar-refractivity contribution in [3.63, 3.8) is 0 Å². The number of unbranched alkanes of at least 4 members (excludes halogenated alkanes) is 1. The quantitative estimate of drug-likeness (QED) is 0.725. The van der Waals surface area contributed by atoms with Crippen LogP contribution in [0.2, 0.25) is 0 Å². The van der Waals surface area contributed by atoms with Crippen LogP contribution in [-0.4, -0.2) is 0 Å². The largest absolute Gasteiger partial charge is 0.466 e. The highest BCUT2D eigenvalue weighted by atomic mass is 16.3. The smallest absolute Gasteiger partial charge is 0.111 e. The normalized spacial score (nSPS) is 10.6. The van der Waals surface area contributed by atoms with Gasteiger partial charge in [-0.1, -0.05) is 43.7 Å². The van der Waals surface area contributed by atoms with Gasteiger partial charge in [0.05, 0.1) is 0 Å². The second-order valence-corrected chi connectivity index (χ2v) is 4.16. The van der Waals surface area contributed by atoms with Crippen LogP contribution in [0.1, 0.15) is 31.3 Å². The molecular weight excluding hydrogens is 196 g/mol. The van der Waals surface area contributed by atoms with Gasteiger partial charge in [0, 0.05) is 12.0 Å². The molecule has 0 radical (unpaired) electrons. The van der Waals surface area contributed by atoms with E-state index in [0.717, 1.165) is 17.9 Å². The molecule has 1 aromatic heterocycles. The molecule has 0 N–H and O–H groups in total. The highest BCUT2D eigenvalue weighted by molar-refractivity contribution is 5.66. The third-order valence-electron chi connectivity index (χ3n) is 2.77. The minimum absolute atomic E-state index is 1.00. The Bertz CT molecular complexity index is 440. The molecule has 84 valence electrons. The van der Waals surface area contributed by atoms with Crippen LogP contribution in [0.4, 0.5) is 0 Å². The first-order chi connectivity index (χ1) is 7.81. The summed E-state index contributed by atoms with van der Waals surface area (Å²) in [5.74, 6) is 2.13. The number of benzene rings is 1. The van der Waals surface area contributed by atoms with E-state index < -0.39 is 0 Å². The molecule has 0 saturated carbocycles. The summed E-state index contributed by atoms with van der Waals surface area (Å²) in [6, 6.07) is 12.6. The van der Waals surface area contributed by atoms with Crippen molar-refractivity contribution in [1.29, 1.82) is 0 Å². The minimum atomic E-state index is 1.00. The van der Waals surface area contributed by atoms with Crippen LogP contribution in [0, 0.1) is 6.92 Å². The van der Waals surface area contributed by atoms with Gasteiger partial charge in [-0.05, 0) is 25.0 Å². The van der Waals surface area contributed by atoms with Crippen molar-refractivity contribution in [3.8, 4) is 11.1 Å². The van der Waals surface area contributed by atoms with Gasteiger partial charge in [0.25, 0.3) is 0 Å². The van der Waals surface area contributed by atoms with Gasteiger partial charge in [-0.15, -0.1) is 0 Å². The molecule has 0 aliphatic rings. The molecule has 0 atom stereocenters. The van der Waals surface area contributed by atoms with E-state index in [0.29, 0.717) is 0 Å². The van der Waals surface area contributed by atoms with Crippen molar-refractivity contribution in [2.24, 2.45) is 0 Å². The number of hydrogen-bond donors (Lipinski definition) is 0. The lowest BCUT2D eigenvalue weighted by Crippen LogP contribution is -1.85. The summed E-state index contributed by atoms with van der Waals surface area (Å²) < 4.78 is 5.77. The van der Waals surface area contributed by atoms with Crippen LogP contribution in [0.25, 0.3) is 11.1 Å². The van der Waals surface area contributed by atoms with Crippen molar-refractivity contribution >= 4 is 0 Å². The van der Waals surface area contributed by atoms with E-state index in [9.17, 15) is 0 Å². The zero-order valence-corrected chi connectivity index (χ0v) is 9.99. The number of furan rings is 1. The van der Waals surface area contributed by atoms with Gasteiger partial charge in [-0.2, -0.15) is 0 Å². The predicted molar refractivity (Wildman–Crippen MR) is 67.5 cm³/mol. The molecular formula is C15H18O. The van der Waals surface area contributed by atoms with Crippen molar-refractivity contribution in [2.75, 3.05) is 0 Å². The Labute approximate surface area is 97.1 Å². The summed E-state index contributed by atoms with van der Waals surface area (Å²) in [5, 5.41) is 0. The standard InChI is InChI=1S/C15H18O/c1-3-4-10-15-14(11-12(2)16-15)13-8-6-5-7-9-13/h5-9,11H,3-4,10H2,1-2H3. The van der Waals surface area contributed by atoms with Gasteiger partial charge in [0.2, 0.25) is 0 Å². The number of rotatable bonds is 4. The molecule has 0 spiro atoms. The average molecular weight is 214 g/mol. The fourth-order valence-corrected chi connectivity index (χ4v) is 1.95. The average Bonchev–Trinajstić information content (AvgIpc) is 2.69. The van der Waals surface area contributed by atoms with Gasteiger partial charge < -0.3 is 4.42 Å². The molecule has 1 aromatic carbocycles. The zero-order chi connectivity index (χ0) is 11.4. The third kappa shape index (κ3) is 2.35. The second-order valence-electron chi connectivity index (χ2n) is 4.16. The monoisotopic (exact) mass is 214 g/mol. The van der Waals surface area contributed by atoms with E-state index in [4.69, 9.17) is 4.42 Å². The molecule has 1 nitrogen and oxygen atoms in total. The summed E-state index contributed by atoms with van der Waals surface area (Å²) in [4.78, 5) is 0. The maximum atomic E-state index is 5.77. The van der Waals surface area contributed by atoms with E-state index in [1.54, 1.807) is 0 Å². The van der Waals surface area contributed by atoms with Gasteiger partial charge in [-0.3, -0.25) is 0 Å². The first kappa shape index (κ1) is 11.0. The molecule has 0 aliphatic heterocycles. The Hall–Kier alpha value is -1.50. The molecule has 0 bridgehead atoms. The van der Waals surface area contributed by atoms with Crippen LogP contribution in [0.15, 0.2) is 40.8 Å². The predicted octanol–water partition coefficient (Wildman–Crippen LogP) is 4.60. The first-order valence-corrected chi connectivity index (χ1v) is 5.96. The summed E-state index contributed by atoms with van der Waals surface area (Å²) in [7, 11) is 0. The molecule has 2 rings (SSSR count). The van der Waals surface area contributed by atoms with Crippen LogP contribution in [0.5, 0.6) is 0 Å². The number of hydrogen-bond acceptors (Lipinski definition) is 1. The Morgan fingerprint density at radius 2 is 1.88 bits per heavy atom. The summed E-state index contributed by atoms with van der Waals surface area (Å²) >= 11 is 0. The highest BCUT2D eigenvalue weighted by Crippen LogP contribution is 2.28. The Kier molecular flexibility index (Phi) is 3.45. The summed E-state index contributed by atoms with van der Waals surface area (Å²) in [6.07, 6.45) is 3.43. The first-order valence-electron chi connectivity index (χ1n) is 5.96. The van der Waals surface area contributed by atoms with Crippen molar-refractivity contribution < 1.29 is 4.42 Å². The Balaban J connectivity index is 2.33. The summed E-state index contributed by atoms with van der Waals surface area (Å²) in [5.41, 5.74) is 2.51. The van der Waals surface area contributed by atoms with Crippen molar-refractivity contribution in [3.05, 3.63) is 47.9 Å². The lowest BCUT2D eigenvalue weighted by Gasteiger charge is -2.01.